The third-order valence-corrected chi connectivity index (χ3v) is 6.57. The van der Waals surface area contributed by atoms with Crippen LogP contribution in [0.15, 0.2) is 54.9 Å². The van der Waals surface area contributed by atoms with Crippen molar-refractivity contribution in [3.8, 4) is 5.69 Å². The molecule has 3 aliphatic rings. The molecule has 162 valence electrons. The molecule has 3 heterocycles. The van der Waals surface area contributed by atoms with Crippen LogP contribution in [0.3, 0.4) is 0 Å². The van der Waals surface area contributed by atoms with Gasteiger partial charge in [0.25, 0.3) is 0 Å². The molecule has 2 aromatic carbocycles. The second-order valence-corrected chi connectivity index (χ2v) is 8.78. The van der Waals surface area contributed by atoms with Crippen molar-refractivity contribution in [3.63, 3.8) is 0 Å². The van der Waals surface area contributed by atoms with Crippen LogP contribution in [-0.4, -0.2) is 65.1 Å². The van der Waals surface area contributed by atoms with E-state index in [1.807, 2.05) is 30.3 Å². The molecule has 2 saturated heterocycles. The number of hydrogen-bond donors (Lipinski definition) is 1. The Morgan fingerprint density at radius 2 is 1.74 bits per heavy atom. The van der Waals surface area contributed by atoms with Crippen LogP contribution < -0.4 is 10.2 Å². The maximum absolute atomic E-state index is 5.37. The first kappa shape index (κ1) is 18.8. The van der Waals surface area contributed by atoms with Crippen LogP contribution in [-0.2, 0) is 4.74 Å². The standard InChI is InChI=1S/C24H28N6O.H2/c1-2-4-21(5-3-1)30-17-25-24(27-30)26-20-12-19(18-6-7-18)13-22(14-20)28-8-10-29(11-9-28)23-15-31-16-23;/h1-5,12-14,17-18,23H,6-11,15-16H2,(H,26,27);1H. The SMILES string of the molecule is [HH].c1ccc(-n2cnc(Nc3cc(C4CC4)cc(N4CCN(C5COC5)CC4)c3)n2)cc1. The smallest absolute Gasteiger partial charge is 0.246 e. The molecule has 0 bridgehead atoms. The van der Waals surface area contributed by atoms with Crippen molar-refractivity contribution < 1.29 is 6.16 Å². The van der Waals surface area contributed by atoms with Gasteiger partial charge >= 0.3 is 0 Å². The van der Waals surface area contributed by atoms with Crippen molar-refractivity contribution in [3.05, 3.63) is 60.4 Å². The van der Waals surface area contributed by atoms with Crippen LogP contribution >= 0.6 is 0 Å². The van der Waals surface area contributed by atoms with Gasteiger partial charge in [0.05, 0.1) is 24.9 Å². The lowest BCUT2D eigenvalue weighted by molar-refractivity contribution is -0.0660. The predicted molar refractivity (Wildman–Crippen MR) is 124 cm³/mol. The summed E-state index contributed by atoms with van der Waals surface area (Å²) in [5.74, 6) is 1.32. The summed E-state index contributed by atoms with van der Waals surface area (Å²) in [5.41, 5.74) is 4.81. The third kappa shape index (κ3) is 4.03. The predicted octanol–water partition coefficient (Wildman–Crippen LogP) is 3.66. The first-order valence-electron chi connectivity index (χ1n) is 11.3. The molecule has 6 rings (SSSR count). The average molecular weight is 419 g/mol. The third-order valence-electron chi connectivity index (χ3n) is 6.57. The molecule has 31 heavy (non-hydrogen) atoms. The van der Waals surface area contributed by atoms with Gasteiger partial charge in [-0.1, -0.05) is 18.2 Å². The number of nitrogens with zero attached hydrogens (tertiary/aromatic N) is 5. The Hall–Kier alpha value is -2.90. The van der Waals surface area contributed by atoms with Gasteiger partial charge < -0.3 is 15.0 Å². The number of ether oxygens (including phenoxy) is 1. The highest BCUT2D eigenvalue weighted by molar-refractivity contribution is 5.65. The summed E-state index contributed by atoms with van der Waals surface area (Å²) in [6.45, 7) is 6.12. The lowest BCUT2D eigenvalue weighted by atomic mass is 10.1. The van der Waals surface area contributed by atoms with Crippen molar-refractivity contribution >= 4 is 17.3 Å². The molecule has 3 aromatic rings. The first-order chi connectivity index (χ1) is 15.3. The van der Waals surface area contributed by atoms with Gasteiger partial charge in [-0.25, -0.2) is 4.68 Å². The molecule has 0 radical (unpaired) electrons. The number of piperazine rings is 1. The maximum atomic E-state index is 5.37. The minimum Gasteiger partial charge on any atom is -0.378 e. The summed E-state index contributed by atoms with van der Waals surface area (Å²) in [6, 6.07) is 17.6. The number of aromatic nitrogens is 3. The number of benzene rings is 2. The van der Waals surface area contributed by atoms with Gasteiger partial charge in [0.1, 0.15) is 6.33 Å². The van der Waals surface area contributed by atoms with E-state index < -0.39 is 0 Å². The second-order valence-electron chi connectivity index (χ2n) is 8.78. The monoisotopic (exact) mass is 418 g/mol. The van der Waals surface area contributed by atoms with Crippen molar-refractivity contribution in [2.45, 2.75) is 24.8 Å². The van der Waals surface area contributed by atoms with Crippen LogP contribution in [0.5, 0.6) is 0 Å². The van der Waals surface area contributed by atoms with E-state index in [4.69, 9.17) is 4.74 Å². The fourth-order valence-corrected chi connectivity index (χ4v) is 4.48. The van der Waals surface area contributed by atoms with Gasteiger partial charge in [-0.2, -0.15) is 4.98 Å². The summed E-state index contributed by atoms with van der Waals surface area (Å²) in [4.78, 5) is 9.56. The minimum absolute atomic E-state index is 0. The molecule has 1 saturated carbocycles. The quantitative estimate of drug-likeness (QED) is 0.659. The largest absolute Gasteiger partial charge is 0.378 e. The molecule has 7 nitrogen and oxygen atoms in total. The Balaban J connectivity index is 0.00000216. The molecule has 0 atom stereocenters. The van der Waals surface area contributed by atoms with E-state index in [9.17, 15) is 0 Å². The number of para-hydroxylation sites is 1. The van der Waals surface area contributed by atoms with E-state index in [1.165, 1.54) is 24.1 Å². The number of hydrogen-bond acceptors (Lipinski definition) is 6. The Bertz CT molecular complexity index is 1040. The highest BCUT2D eigenvalue weighted by Crippen LogP contribution is 2.42. The zero-order chi connectivity index (χ0) is 20.6. The normalized spacial score (nSPS) is 19.9. The van der Waals surface area contributed by atoms with Crippen molar-refractivity contribution in [1.82, 2.24) is 19.7 Å². The molecular weight excluding hydrogens is 388 g/mol. The Morgan fingerprint density at radius 1 is 0.935 bits per heavy atom. The average Bonchev–Trinajstić information content (AvgIpc) is 3.53. The van der Waals surface area contributed by atoms with Crippen LogP contribution in [0.1, 0.15) is 25.7 Å². The van der Waals surface area contributed by atoms with Gasteiger partial charge in [-0.15, -0.1) is 5.10 Å². The molecule has 2 aliphatic heterocycles. The lowest BCUT2D eigenvalue weighted by Crippen LogP contribution is -2.56. The van der Waals surface area contributed by atoms with Crippen LogP contribution in [0.2, 0.25) is 0 Å². The molecule has 3 fully saturated rings. The fourth-order valence-electron chi connectivity index (χ4n) is 4.48. The van der Waals surface area contributed by atoms with Gasteiger partial charge in [0, 0.05) is 39.0 Å². The molecular formula is C24H30N6O. The number of anilines is 3. The van der Waals surface area contributed by atoms with Gasteiger partial charge in [-0.3, -0.25) is 4.90 Å². The highest BCUT2D eigenvalue weighted by Gasteiger charge is 2.30. The molecule has 1 aliphatic carbocycles. The van der Waals surface area contributed by atoms with Gasteiger partial charge in [0.2, 0.25) is 5.95 Å². The summed E-state index contributed by atoms with van der Waals surface area (Å²) in [5, 5.41) is 8.06. The minimum atomic E-state index is 0. The zero-order valence-electron chi connectivity index (χ0n) is 17.7. The molecule has 1 aromatic heterocycles. The van der Waals surface area contributed by atoms with Crippen molar-refractivity contribution in [2.75, 3.05) is 49.6 Å². The molecule has 7 heteroatoms. The Morgan fingerprint density at radius 3 is 2.45 bits per heavy atom. The topological polar surface area (TPSA) is 58.5 Å². The lowest BCUT2D eigenvalue weighted by Gasteiger charge is -2.43. The zero-order valence-corrected chi connectivity index (χ0v) is 17.7. The Labute approximate surface area is 184 Å². The molecule has 0 unspecified atom stereocenters. The Kier molecular flexibility index (Phi) is 4.85. The summed E-state index contributed by atoms with van der Waals surface area (Å²) >= 11 is 0. The summed E-state index contributed by atoms with van der Waals surface area (Å²) < 4.78 is 7.18. The van der Waals surface area contributed by atoms with Crippen LogP contribution in [0, 0.1) is 0 Å². The van der Waals surface area contributed by atoms with E-state index >= 15 is 0 Å². The number of nitrogens with one attached hydrogen (secondary N) is 1. The van der Waals surface area contributed by atoms with Crippen molar-refractivity contribution in [1.29, 1.82) is 0 Å². The van der Waals surface area contributed by atoms with E-state index in [2.05, 4.69) is 43.4 Å². The molecule has 1 N–H and O–H groups in total. The summed E-state index contributed by atoms with van der Waals surface area (Å²) in [7, 11) is 0. The second kappa shape index (κ2) is 7.98. The van der Waals surface area contributed by atoms with Crippen LogP contribution in [0.25, 0.3) is 5.69 Å². The van der Waals surface area contributed by atoms with Gasteiger partial charge in [-0.05, 0) is 54.7 Å². The molecule has 0 spiro atoms. The van der Waals surface area contributed by atoms with E-state index in [0.29, 0.717) is 17.9 Å². The first-order valence-corrected chi connectivity index (χ1v) is 11.3. The highest BCUT2D eigenvalue weighted by atomic mass is 16.5. The van der Waals surface area contributed by atoms with Crippen LogP contribution in [0.4, 0.5) is 17.3 Å². The fraction of sp³-hybridized carbons (Fsp3) is 0.417. The van der Waals surface area contributed by atoms with Crippen molar-refractivity contribution in [2.24, 2.45) is 0 Å². The summed E-state index contributed by atoms with van der Waals surface area (Å²) in [6.07, 6.45) is 4.34. The number of rotatable bonds is 6. The molecule has 0 amide bonds. The van der Waals surface area contributed by atoms with E-state index in [0.717, 1.165) is 50.8 Å². The van der Waals surface area contributed by atoms with E-state index in [-0.39, 0.29) is 1.43 Å². The van der Waals surface area contributed by atoms with Gasteiger partial charge in [0.15, 0.2) is 0 Å². The maximum Gasteiger partial charge on any atom is 0.246 e. The van der Waals surface area contributed by atoms with E-state index in [1.54, 1.807) is 11.0 Å².